The number of carbonyl (C=O) groups excluding carboxylic acids is 1. The van der Waals surface area contributed by atoms with Crippen LogP contribution in [0.3, 0.4) is 0 Å². The number of ether oxygens (including phenoxy) is 1. The molecule has 0 N–H and O–H groups in total. The van der Waals surface area contributed by atoms with Crippen LogP contribution >= 0.6 is 0 Å². The molecule has 5 nitrogen and oxygen atoms in total. The molecule has 1 aromatic carbocycles. The van der Waals surface area contributed by atoms with Crippen LogP contribution in [-0.2, 0) is 31.1 Å². The lowest BCUT2D eigenvalue weighted by molar-refractivity contribution is -0.137. The van der Waals surface area contributed by atoms with Gasteiger partial charge in [-0.15, -0.1) is 0 Å². The van der Waals surface area contributed by atoms with Crippen LogP contribution in [0, 0.1) is 0 Å². The van der Waals surface area contributed by atoms with E-state index < -0.39 is 11.7 Å². The normalized spacial score (nSPS) is 13.8. The Kier molecular flexibility index (Phi) is 4.93. The van der Waals surface area contributed by atoms with Crippen molar-refractivity contribution in [2.24, 2.45) is 7.05 Å². The molecule has 0 radical (unpaired) electrons. The van der Waals surface area contributed by atoms with Crippen molar-refractivity contribution in [1.29, 1.82) is 0 Å². The SMILES string of the molecule is CCCCOC(=O)N1Cc2c(-c3ccc(C(F)(F)F)cc3)nn(C)c2C1. The highest BCUT2D eigenvalue weighted by molar-refractivity contribution is 5.71. The number of halogens is 3. The van der Waals surface area contributed by atoms with Gasteiger partial charge in [0.25, 0.3) is 0 Å². The van der Waals surface area contributed by atoms with Gasteiger partial charge in [0.2, 0.25) is 0 Å². The average molecular weight is 367 g/mol. The Bertz CT molecular complexity index is 797. The topological polar surface area (TPSA) is 47.4 Å². The van der Waals surface area contributed by atoms with E-state index in [0.29, 0.717) is 31.0 Å². The van der Waals surface area contributed by atoms with Gasteiger partial charge in [-0.1, -0.05) is 25.5 Å². The highest BCUT2D eigenvalue weighted by atomic mass is 19.4. The van der Waals surface area contributed by atoms with Crippen molar-refractivity contribution in [2.75, 3.05) is 6.61 Å². The molecule has 0 fully saturated rings. The Morgan fingerprint density at radius 2 is 1.92 bits per heavy atom. The summed E-state index contributed by atoms with van der Waals surface area (Å²) in [6.45, 7) is 3.11. The van der Waals surface area contributed by atoms with E-state index in [4.69, 9.17) is 4.74 Å². The van der Waals surface area contributed by atoms with Crippen molar-refractivity contribution < 1.29 is 22.7 Å². The van der Waals surface area contributed by atoms with Crippen LogP contribution < -0.4 is 0 Å². The second-order valence-electron chi connectivity index (χ2n) is 6.30. The molecule has 2 aromatic rings. The van der Waals surface area contributed by atoms with Gasteiger partial charge >= 0.3 is 12.3 Å². The fraction of sp³-hybridized carbons (Fsp3) is 0.444. The zero-order chi connectivity index (χ0) is 18.9. The first-order valence-corrected chi connectivity index (χ1v) is 8.45. The largest absolute Gasteiger partial charge is 0.449 e. The van der Waals surface area contributed by atoms with Gasteiger partial charge in [-0.25, -0.2) is 4.79 Å². The van der Waals surface area contributed by atoms with E-state index in [1.807, 2.05) is 6.92 Å². The first-order valence-electron chi connectivity index (χ1n) is 8.45. The van der Waals surface area contributed by atoms with Crippen LogP contribution in [0.1, 0.15) is 36.6 Å². The minimum absolute atomic E-state index is 0.338. The molecule has 3 rings (SSSR count). The third-order valence-electron chi connectivity index (χ3n) is 4.43. The minimum atomic E-state index is -4.37. The van der Waals surface area contributed by atoms with E-state index >= 15 is 0 Å². The summed E-state index contributed by atoms with van der Waals surface area (Å²) in [6, 6.07) is 4.91. The number of rotatable bonds is 4. The molecular formula is C18H20F3N3O2. The van der Waals surface area contributed by atoms with E-state index in [9.17, 15) is 18.0 Å². The summed E-state index contributed by atoms with van der Waals surface area (Å²) in [6.07, 6.45) is -3.00. The van der Waals surface area contributed by atoms with Crippen LogP contribution in [0.25, 0.3) is 11.3 Å². The number of alkyl halides is 3. The summed E-state index contributed by atoms with van der Waals surface area (Å²) in [7, 11) is 1.76. The third-order valence-corrected chi connectivity index (χ3v) is 4.43. The molecule has 8 heteroatoms. The lowest BCUT2D eigenvalue weighted by Gasteiger charge is -2.16. The minimum Gasteiger partial charge on any atom is -0.449 e. The predicted molar refractivity (Wildman–Crippen MR) is 89.1 cm³/mol. The quantitative estimate of drug-likeness (QED) is 0.755. The van der Waals surface area contributed by atoms with Gasteiger partial charge in [-0.2, -0.15) is 18.3 Å². The molecule has 0 saturated carbocycles. The molecule has 1 aromatic heterocycles. The number of carbonyl (C=O) groups is 1. The molecule has 0 atom stereocenters. The smallest absolute Gasteiger partial charge is 0.416 e. The molecule has 1 aliphatic rings. The Labute approximate surface area is 149 Å². The molecule has 0 unspecified atom stereocenters. The van der Waals surface area contributed by atoms with Crippen molar-refractivity contribution >= 4 is 6.09 Å². The number of hydrogen-bond acceptors (Lipinski definition) is 3. The van der Waals surface area contributed by atoms with Crippen LogP contribution in [0.4, 0.5) is 18.0 Å². The van der Waals surface area contributed by atoms with Gasteiger partial charge in [0.15, 0.2) is 0 Å². The fourth-order valence-corrected chi connectivity index (χ4v) is 2.97. The second-order valence-corrected chi connectivity index (χ2v) is 6.30. The number of nitrogens with zero attached hydrogens (tertiary/aromatic N) is 3. The number of unbranched alkanes of at least 4 members (excludes halogenated alkanes) is 1. The lowest BCUT2D eigenvalue weighted by Crippen LogP contribution is -2.27. The molecule has 0 bridgehead atoms. The van der Waals surface area contributed by atoms with Crippen LogP contribution in [0.5, 0.6) is 0 Å². The standard InChI is InChI=1S/C18H20F3N3O2/c1-3-4-9-26-17(25)24-10-14-15(11-24)23(2)22-16(14)12-5-7-13(8-6-12)18(19,20)21/h5-8H,3-4,9-11H2,1-2H3. The van der Waals surface area contributed by atoms with Gasteiger partial charge in [0.05, 0.1) is 36.6 Å². The van der Waals surface area contributed by atoms with Crippen molar-refractivity contribution in [2.45, 2.75) is 39.0 Å². The third kappa shape index (κ3) is 3.54. The number of hydrogen-bond donors (Lipinski definition) is 0. The number of aromatic nitrogens is 2. The van der Waals surface area contributed by atoms with E-state index in [2.05, 4.69) is 5.10 Å². The maximum Gasteiger partial charge on any atom is 0.416 e. The number of amides is 1. The first kappa shape index (κ1) is 18.3. The molecule has 140 valence electrons. The molecular weight excluding hydrogens is 347 g/mol. The van der Waals surface area contributed by atoms with E-state index in [1.54, 1.807) is 16.6 Å². The van der Waals surface area contributed by atoms with Gasteiger partial charge < -0.3 is 4.74 Å². The van der Waals surface area contributed by atoms with E-state index in [-0.39, 0.29) is 6.09 Å². The molecule has 2 heterocycles. The second kappa shape index (κ2) is 7.01. The summed E-state index contributed by atoms with van der Waals surface area (Å²) in [5.41, 5.74) is 2.21. The van der Waals surface area contributed by atoms with Gasteiger partial charge in [-0.05, 0) is 18.6 Å². The molecule has 0 saturated heterocycles. The summed E-state index contributed by atoms with van der Waals surface area (Å²) in [5.74, 6) is 0. The maximum absolute atomic E-state index is 12.7. The van der Waals surface area contributed by atoms with E-state index in [1.165, 1.54) is 12.1 Å². The van der Waals surface area contributed by atoms with Gasteiger partial charge in [-0.3, -0.25) is 9.58 Å². The summed E-state index contributed by atoms with van der Waals surface area (Å²) in [4.78, 5) is 13.7. The summed E-state index contributed by atoms with van der Waals surface area (Å²) >= 11 is 0. The molecule has 1 aliphatic heterocycles. The molecule has 1 amide bonds. The Morgan fingerprint density at radius 1 is 1.23 bits per heavy atom. The zero-order valence-electron chi connectivity index (χ0n) is 14.6. The highest BCUT2D eigenvalue weighted by Gasteiger charge is 2.32. The molecule has 26 heavy (non-hydrogen) atoms. The van der Waals surface area contributed by atoms with Crippen LogP contribution in [0.2, 0.25) is 0 Å². The summed E-state index contributed by atoms with van der Waals surface area (Å²) < 4.78 is 45.1. The van der Waals surface area contributed by atoms with Gasteiger partial charge in [0, 0.05) is 18.2 Å². The first-order chi connectivity index (χ1) is 12.3. The van der Waals surface area contributed by atoms with E-state index in [0.717, 1.165) is 36.2 Å². The Morgan fingerprint density at radius 3 is 2.54 bits per heavy atom. The number of fused-ring (bicyclic) bond motifs is 1. The van der Waals surface area contributed by atoms with Crippen molar-refractivity contribution in [1.82, 2.24) is 14.7 Å². The average Bonchev–Trinajstić information content (AvgIpc) is 3.15. The Hall–Kier alpha value is -2.51. The molecule has 0 spiro atoms. The Balaban J connectivity index is 1.80. The van der Waals surface area contributed by atoms with Gasteiger partial charge in [0.1, 0.15) is 0 Å². The maximum atomic E-state index is 12.7. The van der Waals surface area contributed by atoms with Crippen LogP contribution in [-0.4, -0.2) is 27.4 Å². The van der Waals surface area contributed by atoms with Crippen LogP contribution in [0.15, 0.2) is 24.3 Å². The number of benzene rings is 1. The lowest BCUT2D eigenvalue weighted by atomic mass is 10.1. The molecule has 0 aliphatic carbocycles. The van der Waals surface area contributed by atoms with Crippen molar-refractivity contribution in [3.63, 3.8) is 0 Å². The fourth-order valence-electron chi connectivity index (χ4n) is 2.97. The monoisotopic (exact) mass is 367 g/mol. The van der Waals surface area contributed by atoms with Crippen molar-refractivity contribution in [3.05, 3.63) is 41.1 Å². The summed E-state index contributed by atoms with van der Waals surface area (Å²) in [5, 5.41) is 4.42. The highest BCUT2D eigenvalue weighted by Crippen LogP contribution is 2.34. The van der Waals surface area contributed by atoms with Crippen molar-refractivity contribution in [3.8, 4) is 11.3 Å². The zero-order valence-corrected chi connectivity index (χ0v) is 14.6. The predicted octanol–water partition coefficient (Wildman–Crippen LogP) is 4.36. The number of aryl methyl sites for hydroxylation is 1.